The van der Waals surface area contributed by atoms with Gasteiger partial charge in [0.2, 0.25) is 15.9 Å². The number of nitrogens with two attached hydrogens (primary N) is 1. The van der Waals surface area contributed by atoms with Gasteiger partial charge in [0, 0.05) is 5.75 Å². The molecule has 0 aliphatic carbocycles. The molecule has 4 N–H and O–H groups in total. The molecule has 1 saturated heterocycles. The van der Waals surface area contributed by atoms with Crippen molar-refractivity contribution in [2.75, 3.05) is 5.75 Å². The Morgan fingerprint density at radius 2 is 2.05 bits per heavy atom. The summed E-state index contributed by atoms with van der Waals surface area (Å²) in [6.07, 6.45) is 0. The quantitative estimate of drug-likeness (QED) is 0.736. The highest BCUT2D eigenvalue weighted by Crippen LogP contribution is 2.17. The summed E-state index contributed by atoms with van der Waals surface area (Å²) in [6.45, 7) is 1.77. The van der Waals surface area contributed by atoms with E-state index in [0.29, 0.717) is 5.75 Å². The summed E-state index contributed by atoms with van der Waals surface area (Å²) in [5, 5.41) is 10.1. The summed E-state index contributed by atoms with van der Waals surface area (Å²) in [6, 6.07) is 5.11. The van der Waals surface area contributed by atoms with Crippen molar-refractivity contribution in [1.29, 1.82) is 0 Å². The molecule has 0 saturated carbocycles. The number of hydrogen-bond acceptors (Lipinski definition) is 5. The maximum absolute atomic E-state index is 11.9. The highest BCUT2D eigenvalue weighted by Gasteiger charge is 2.28. The Hall–Kier alpha value is -1.58. The summed E-state index contributed by atoms with van der Waals surface area (Å²) in [5.41, 5.74) is 0.743. The van der Waals surface area contributed by atoms with Crippen LogP contribution >= 0.6 is 11.8 Å². The van der Waals surface area contributed by atoms with Gasteiger partial charge in [0.05, 0.1) is 10.9 Å². The molecule has 1 heterocycles. The third-order valence-corrected chi connectivity index (χ3v) is 4.87. The summed E-state index contributed by atoms with van der Waals surface area (Å²) in [5.74, 6) is 0.137. The monoisotopic (exact) mass is 329 g/mol. The van der Waals surface area contributed by atoms with E-state index in [1.807, 2.05) is 0 Å². The van der Waals surface area contributed by atoms with Gasteiger partial charge in [-0.2, -0.15) is 0 Å². The van der Waals surface area contributed by atoms with Gasteiger partial charge in [-0.3, -0.25) is 9.59 Å². The van der Waals surface area contributed by atoms with Crippen molar-refractivity contribution in [3.63, 3.8) is 0 Å². The van der Waals surface area contributed by atoms with Gasteiger partial charge in [0.25, 0.3) is 5.24 Å². The van der Waals surface area contributed by atoms with Gasteiger partial charge in [-0.25, -0.2) is 13.6 Å². The first kappa shape index (κ1) is 15.8. The zero-order valence-corrected chi connectivity index (χ0v) is 12.8. The standard InChI is InChI=1S/C12H15N3O4S2/c1-7(14-11(16)10-6-20-12(17)15-10)8-2-4-9(5-3-8)21(13,18)19/h2-5,7,10H,6H2,1H3,(H,14,16)(H,15,17)(H2,13,18,19). The minimum atomic E-state index is -3.73. The van der Waals surface area contributed by atoms with Gasteiger partial charge in [0.1, 0.15) is 6.04 Å². The first-order valence-electron chi connectivity index (χ1n) is 6.14. The van der Waals surface area contributed by atoms with Gasteiger partial charge in [0.15, 0.2) is 0 Å². The van der Waals surface area contributed by atoms with E-state index in [2.05, 4.69) is 10.6 Å². The van der Waals surface area contributed by atoms with E-state index in [1.54, 1.807) is 19.1 Å². The molecule has 2 amide bonds. The molecule has 0 spiro atoms. The SMILES string of the molecule is CC(NC(=O)C1CSC(=O)N1)c1ccc(S(N)(=O)=O)cc1. The molecule has 1 aromatic carbocycles. The lowest BCUT2D eigenvalue weighted by atomic mass is 10.1. The van der Waals surface area contributed by atoms with E-state index in [9.17, 15) is 18.0 Å². The number of primary sulfonamides is 1. The molecule has 1 aliphatic heterocycles. The maximum atomic E-state index is 11.9. The number of carbonyl (C=O) groups excluding carboxylic acids is 2. The predicted molar refractivity (Wildman–Crippen MR) is 79.2 cm³/mol. The van der Waals surface area contributed by atoms with E-state index in [1.165, 1.54) is 12.1 Å². The molecule has 2 atom stereocenters. The van der Waals surface area contributed by atoms with Crippen LogP contribution in [0.5, 0.6) is 0 Å². The molecule has 0 bridgehead atoms. The van der Waals surface area contributed by atoms with Gasteiger partial charge in [-0.15, -0.1) is 0 Å². The number of amides is 2. The predicted octanol–water partition coefficient (Wildman–Crippen LogP) is 0.336. The van der Waals surface area contributed by atoms with Crippen molar-refractivity contribution in [3.05, 3.63) is 29.8 Å². The van der Waals surface area contributed by atoms with Crippen LogP contribution in [0.2, 0.25) is 0 Å². The van der Waals surface area contributed by atoms with Crippen LogP contribution in [0.4, 0.5) is 4.79 Å². The molecule has 9 heteroatoms. The van der Waals surface area contributed by atoms with E-state index < -0.39 is 16.1 Å². The van der Waals surface area contributed by atoms with E-state index >= 15 is 0 Å². The fourth-order valence-electron chi connectivity index (χ4n) is 1.87. The number of thioether (sulfide) groups is 1. The fraction of sp³-hybridized carbons (Fsp3) is 0.333. The lowest BCUT2D eigenvalue weighted by Crippen LogP contribution is -2.43. The number of nitrogens with one attached hydrogen (secondary N) is 2. The Bertz CT molecular complexity index is 658. The molecular weight excluding hydrogens is 314 g/mol. The van der Waals surface area contributed by atoms with Gasteiger partial charge in [-0.1, -0.05) is 23.9 Å². The van der Waals surface area contributed by atoms with E-state index in [-0.39, 0.29) is 22.1 Å². The average Bonchev–Trinajstić information content (AvgIpc) is 2.84. The summed E-state index contributed by atoms with van der Waals surface area (Å²) < 4.78 is 22.3. The first-order valence-corrected chi connectivity index (χ1v) is 8.67. The molecule has 0 radical (unpaired) electrons. The fourth-order valence-corrected chi connectivity index (χ4v) is 3.16. The van der Waals surface area contributed by atoms with Crippen LogP contribution in [-0.2, 0) is 14.8 Å². The number of benzene rings is 1. The average molecular weight is 329 g/mol. The lowest BCUT2D eigenvalue weighted by Gasteiger charge is -2.17. The zero-order chi connectivity index (χ0) is 15.6. The normalized spacial score (nSPS) is 19.9. The lowest BCUT2D eigenvalue weighted by molar-refractivity contribution is -0.122. The van der Waals surface area contributed by atoms with Gasteiger partial charge in [-0.05, 0) is 24.6 Å². The second-order valence-electron chi connectivity index (χ2n) is 4.64. The van der Waals surface area contributed by atoms with Gasteiger partial charge < -0.3 is 10.6 Å². The molecular formula is C12H15N3O4S2. The highest BCUT2D eigenvalue weighted by molar-refractivity contribution is 8.14. The van der Waals surface area contributed by atoms with Crippen LogP contribution in [-0.4, -0.2) is 31.4 Å². The Morgan fingerprint density at radius 1 is 1.43 bits per heavy atom. The number of carbonyl (C=O) groups is 2. The Labute approximate surface area is 126 Å². The number of hydrogen-bond donors (Lipinski definition) is 3. The van der Waals surface area contributed by atoms with Crippen LogP contribution in [0, 0.1) is 0 Å². The Kier molecular flexibility index (Phi) is 4.55. The van der Waals surface area contributed by atoms with Crippen LogP contribution in [0.25, 0.3) is 0 Å². The zero-order valence-electron chi connectivity index (χ0n) is 11.2. The topological polar surface area (TPSA) is 118 Å². The molecule has 7 nitrogen and oxygen atoms in total. The number of rotatable bonds is 4. The second kappa shape index (κ2) is 6.04. The first-order chi connectivity index (χ1) is 9.77. The minimum absolute atomic E-state index is 0.0178. The van der Waals surface area contributed by atoms with E-state index in [0.717, 1.165) is 17.3 Å². The minimum Gasteiger partial charge on any atom is -0.348 e. The van der Waals surface area contributed by atoms with Crippen molar-refractivity contribution in [2.24, 2.45) is 5.14 Å². The number of sulfonamides is 1. The third-order valence-electron chi connectivity index (χ3n) is 3.06. The highest BCUT2D eigenvalue weighted by atomic mass is 32.2. The second-order valence-corrected chi connectivity index (χ2v) is 7.19. The largest absolute Gasteiger partial charge is 0.348 e. The molecule has 1 fully saturated rings. The Balaban J connectivity index is 2.01. The molecule has 1 aliphatic rings. The van der Waals surface area contributed by atoms with Crippen molar-refractivity contribution in [3.8, 4) is 0 Å². The Morgan fingerprint density at radius 3 is 2.52 bits per heavy atom. The van der Waals surface area contributed by atoms with Crippen LogP contribution in [0.15, 0.2) is 29.2 Å². The molecule has 114 valence electrons. The molecule has 2 unspecified atom stereocenters. The summed E-state index contributed by atoms with van der Waals surface area (Å²) in [7, 11) is -3.73. The van der Waals surface area contributed by atoms with Crippen molar-refractivity contribution in [1.82, 2.24) is 10.6 Å². The third kappa shape index (κ3) is 3.96. The van der Waals surface area contributed by atoms with Gasteiger partial charge >= 0.3 is 0 Å². The molecule has 0 aromatic heterocycles. The smallest absolute Gasteiger partial charge is 0.279 e. The van der Waals surface area contributed by atoms with Crippen molar-refractivity contribution >= 4 is 32.9 Å². The summed E-state index contributed by atoms with van der Waals surface area (Å²) >= 11 is 1.07. The van der Waals surface area contributed by atoms with Crippen LogP contribution < -0.4 is 15.8 Å². The molecule has 1 aromatic rings. The molecule has 21 heavy (non-hydrogen) atoms. The molecule has 2 rings (SSSR count). The van der Waals surface area contributed by atoms with Crippen molar-refractivity contribution in [2.45, 2.75) is 23.9 Å². The van der Waals surface area contributed by atoms with E-state index in [4.69, 9.17) is 5.14 Å². The van der Waals surface area contributed by atoms with Crippen molar-refractivity contribution < 1.29 is 18.0 Å². The van der Waals surface area contributed by atoms with Crippen LogP contribution in [0.1, 0.15) is 18.5 Å². The summed E-state index contributed by atoms with van der Waals surface area (Å²) in [4.78, 5) is 23.0. The van der Waals surface area contributed by atoms with Crippen LogP contribution in [0.3, 0.4) is 0 Å². The maximum Gasteiger partial charge on any atom is 0.279 e.